The van der Waals surface area contributed by atoms with Gasteiger partial charge in [-0.25, -0.2) is 9.69 Å². The second kappa shape index (κ2) is 4.87. The Kier molecular flexibility index (Phi) is 3.77. The average Bonchev–Trinajstić information content (AvgIpc) is 2.23. The Bertz CT molecular complexity index is 412. The van der Waals surface area contributed by atoms with Gasteiger partial charge in [0, 0.05) is 6.21 Å². The number of nitrogens with zero attached hydrogens (tertiary/aromatic N) is 1. The minimum atomic E-state index is -0.148. The molecule has 1 aliphatic heterocycles. The molecule has 0 radical (unpaired) electrons. The predicted molar refractivity (Wildman–Crippen MR) is 55.2 cm³/mol. The standard InChI is InChI=1S/C11H10N2O.ClH/c1-13-8-10(7-12-11(13)14)9-5-3-2-4-6-9;/h2-8H,1H3;1H. The minimum absolute atomic E-state index is 0. The number of urea groups is 1. The first-order valence-electron chi connectivity index (χ1n) is 4.46. The molecule has 0 bridgehead atoms. The van der Waals surface area contributed by atoms with Crippen LogP contribution in [0.25, 0.3) is 5.57 Å². The van der Waals surface area contributed by atoms with E-state index in [1.165, 1.54) is 0 Å². The SMILES string of the molecule is C[NH+]1C=C(c2ccccc2)C=NC1=O.[Cl-]. The Balaban J connectivity index is 0.00000112. The molecule has 0 spiro atoms. The lowest BCUT2D eigenvalue weighted by Gasteiger charge is -2.09. The van der Waals surface area contributed by atoms with Crippen LogP contribution in [0.5, 0.6) is 0 Å². The van der Waals surface area contributed by atoms with Crippen LogP contribution in [0, 0.1) is 0 Å². The van der Waals surface area contributed by atoms with Gasteiger partial charge in [-0.05, 0) is 5.56 Å². The van der Waals surface area contributed by atoms with E-state index in [0.717, 1.165) is 11.1 Å². The van der Waals surface area contributed by atoms with Crippen LogP contribution in [0.2, 0.25) is 0 Å². The van der Waals surface area contributed by atoms with Crippen LogP contribution >= 0.6 is 0 Å². The summed E-state index contributed by atoms with van der Waals surface area (Å²) in [5.41, 5.74) is 2.07. The van der Waals surface area contributed by atoms with E-state index in [2.05, 4.69) is 4.99 Å². The number of hydrogen-bond acceptors (Lipinski definition) is 1. The zero-order chi connectivity index (χ0) is 9.97. The van der Waals surface area contributed by atoms with Crippen LogP contribution in [0.4, 0.5) is 4.79 Å². The van der Waals surface area contributed by atoms with Gasteiger partial charge in [0.2, 0.25) is 0 Å². The number of aliphatic imine (C=N–C) groups is 1. The van der Waals surface area contributed by atoms with E-state index in [4.69, 9.17) is 0 Å². The predicted octanol–water partition coefficient (Wildman–Crippen LogP) is -2.25. The van der Waals surface area contributed by atoms with E-state index < -0.39 is 0 Å². The van der Waals surface area contributed by atoms with Crippen molar-refractivity contribution < 1.29 is 22.1 Å². The number of nitrogens with one attached hydrogen (secondary N) is 1. The summed E-state index contributed by atoms with van der Waals surface area (Å²) >= 11 is 0. The maximum absolute atomic E-state index is 11.1. The molecule has 0 aromatic heterocycles. The Morgan fingerprint density at radius 1 is 1.20 bits per heavy atom. The topological polar surface area (TPSA) is 33.9 Å². The number of carbonyl (C=O) groups excluding carboxylic acids is 1. The molecule has 0 aliphatic carbocycles. The van der Waals surface area contributed by atoms with Crippen LogP contribution in [-0.4, -0.2) is 19.3 Å². The van der Waals surface area contributed by atoms with E-state index >= 15 is 0 Å². The van der Waals surface area contributed by atoms with Gasteiger partial charge in [-0.3, -0.25) is 0 Å². The molecule has 1 atom stereocenters. The van der Waals surface area contributed by atoms with Crippen LogP contribution in [0.1, 0.15) is 5.56 Å². The molecular formula is C11H11ClN2O. The van der Waals surface area contributed by atoms with Gasteiger partial charge in [0.1, 0.15) is 6.20 Å². The van der Waals surface area contributed by atoms with Gasteiger partial charge >= 0.3 is 6.03 Å². The van der Waals surface area contributed by atoms with Gasteiger partial charge in [0.25, 0.3) is 0 Å². The number of allylic oxidation sites excluding steroid dienone is 1. The van der Waals surface area contributed by atoms with Crippen LogP contribution in [0.15, 0.2) is 41.5 Å². The third-order valence-corrected chi connectivity index (χ3v) is 2.14. The lowest BCUT2D eigenvalue weighted by molar-refractivity contribution is -0.730. The monoisotopic (exact) mass is 222 g/mol. The van der Waals surface area contributed by atoms with Crippen LogP contribution < -0.4 is 17.3 Å². The van der Waals surface area contributed by atoms with Crippen LogP contribution in [-0.2, 0) is 0 Å². The Labute approximate surface area is 94.5 Å². The lowest BCUT2D eigenvalue weighted by Crippen LogP contribution is -3.07. The molecule has 0 saturated carbocycles. The molecule has 1 aromatic carbocycles. The van der Waals surface area contributed by atoms with Crippen molar-refractivity contribution in [1.82, 2.24) is 0 Å². The Hall–Kier alpha value is -1.45. The normalized spacial score (nSPS) is 19.4. The summed E-state index contributed by atoms with van der Waals surface area (Å²) in [5, 5.41) is 0. The van der Waals surface area contributed by atoms with E-state index in [1.807, 2.05) is 36.5 Å². The van der Waals surface area contributed by atoms with Gasteiger partial charge < -0.3 is 12.4 Å². The molecule has 0 fully saturated rings. The zero-order valence-corrected chi connectivity index (χ0v) is 9.03. The maximum Gasteiger partial charge on any atom is 0.445 e. The molecule has 1 aliphatic rings. The molecule has 2 rings (SSSR count). The van der Waals surface area contributed by atoms with Gasteiger partial charge in [-0.1, -0.05) is 30.3 Å². The summed E-state index contributed by atoms with van der Waals surface area (Å²) in [6.07, 6.45) is 3.48. The first-order chi connectivity index (χ1) is 6.77. The van der Waals surface area contributed by atoms with Crippen molar-refractivity contribution in [3.05, 3.63) is 42.1 Å². The van der Waals surface area contributed by atoms with Crippen LogP contribution in [0.3, 0.4) is 0 Å². The summed E-state index contributed by atoms with van der Waals surface area (Å²) in [4.78, 5) is 15.6. The minimum Gasteiger partial charge on any atom is -1.00 e. The van der Waals surface area contributed by atoms with Gasteiger partial charge in [0.05, 0.1) is 12.6 Å². The van der Waals surface area contributed by atoms with E-state index in [9.17, 15) is 4.79 Å². The largest absolute Gasteiger partial charge is 1.00 e. The number of quaternary nitrogens is 1. The Morgan fingerprint density at radius 3 is 2.47 bits per heavy atom. The number of carbonyl (C=O) groups is 1. The molecule has 1 heterocycles. The molecule has 3 nitrogen and oxygen atoms in total. The van der Waals surface area contributed by atoms with Crippen molar-refractivity contribution in [3.8, 4) is 0 Å². The van der Waals surface area contributed by atoms with Crippen molar-refractivity contribution in [2.24, 2.45) is 4.99 Å². The number of amides is 2. The summed E-state index contributed by atoms with van der Waals surface area (Å²) in [6, 6.07) is 9.75. The summed E-state index contributed by atoms with van der Waals surface area (Å²) in [5.74, 6) is 0. The third kappa shape index (κ3) is 2.52. The maximum atomic E-state index is 11.1. The van der Waals surface area contributed by atoms with Gasteiger partial charge in [-0.2, -0.15) is 4.99 Å². The van der Waals surface area contributed by atoms with E-state index in [1.54, 1.807) is 13.3 Å². The van der Waals surface area contributed by atoms with Gasteiger partial charge in [0.15, 0.2) is 0 Å². The first-order valence-corrected chi connectivity index (χ1v) is 4.46. The van der Waals surface area contributed by atoms with Crippen molar-refractivity contribution in [2.75, 3.05) is 7.05 Å². The second-order valence-electron chi connectivity index (χ2n) is 3.21. The van der Waals surface area contributed by atoms with Crippen molar-refractivity contribution in [3.63, 3.8) is 0 Å². The van der Waals surface area contributed by atoms with E-state index in [-0.39, 0.29) is 18.4 Å². The smallest absolute Gasteiger partial charge is 0.445 e. The lowest BCUT2D eigenvalue weighted by atomic mass is 10.1. The summed E-state index contributed by atoms with van der Waals surface area (Å²) in [6.45, 7) is 0. The highest BCUT2D eigenvalue weighted by molar-refractivity contribution is 6.13. The zero-order valence-electron chi connectivity index (χ0n) is 8.27. The van der Waals surface area contributed by atoms with Crippen molar-refractivity contribution >= 4 is 17.8 Å². The molecule has 1 aromatic rings. The highest BCUT2D eigenvalue weighted by atomic mass is 35.5. The number of hydrogen-bond donors (Lipinski definition) is 1. The second-order valence-corrected chi connectivity index (χ2v) is 3.21. The molecule has 1 N–H and O–H groups in total. The molecule has 1 unspecified atom stereocenters. The summed E-state index contributed by atoms with van der Waals surface area (Å²) in [7, 11) is 1.78. The molecule has 4 heteroatoms. The number of rotatable bonds is 1. The molecule has 0 saturated heterocycles. The fourth-order valence-corrected chi connectivity index (χ4v) is 1.35. The van der Waals surface area contributed by atoms with Crippen molar-refractivity contribution in [2.45, 2.75) is 0 Å². The highest BCUT2D eigenvalue weighted by Crippen LogP contribution is 2.10. The fourth-order valence-electron chi connectivity index (χ4n) is 1.35. The molecule has 15 heavy (non-hydrogen) atoms. The quantitative estimate of drug-likeness (QED) is 0.573. The third-order valence-electron chi connectivity index (χ3n) is 2.14. The molecule has 2 amide bonds. The molecule has 78 valence electrons. The average molecular weight is 223 g/mol. The summed E-state index contributed by atoms with van der Waals surface area (Å²) < 4.78 is 0. The van der Waals surface area contributed by atoms with Crippen molar-refractivity contribution in [1.29, 1.82) is 0 Å². The molecular weight excluding hydrogens is 212 g/mol. The first kappa shape index (κ1) is 11.6. The number of halogens is 1. The number of benzene rings is 1. The van der Waals surface area contributed by atoms with E-state index in [0.29, 0.717) is 4.90 Å². The Morgan fingerprint density at radius 2 is 1.87 bits per heavy atom. The highest BCUT2D eigenvalue weighted by Gasteiger charge is 2.16. The fraction of sp³-hybridized carbons (Fsp3) is 0.0909. The van der Waals surface area contributed by atoms with Gasteiger partial charge in [-0.15, -0.1) is 0 Å².